The number of nitrogens with zero attached hydrogens (tertiary/aromatic N) is 2. The van der Waals surface area contributed by atoms with Crippen LogP contribution in [0.1, 0.15) is 77.0 Å². The highest BCUT2D eigenvalue weighted by atomic mass is 16.2. The molecule has 0 radical (unpaired) electrons. The second kappa shape index (κ2) is 7.31. The SMILES string of the molecule is CCCc1ccc(C(CCC(C)(C)C)N2CN=C(C3CC3)C2=O)cc1. The Morgan fingerprint density at radius 3 is 2.44 bits per heavy atom. The molecule has 1 aliphatic heterocycles. The molecular weight excluding hydrogens is 308 g/mol. The lowest BCUT2D eigenvalue weighted by molar-refractivity contribution is -0.125. The second-order valence-electron chi connectivity index (χ2n) is 8.84. The first kappa shape index (κ1) is 18.2. The molecule has 1 heterocycles. The van der Waals surface area contributed by atoms with E-state index in [0.29, 0.717) is 12.6 Å². The zero-order chi connectivity index (χ0) is 18.0. The van der Waals surface area contributed by atoms with E-state index in [9.17, 15) is 4.79 Å². The number of carbonyl (C=O) groups excluding carboxylic acids is 1. The Hall–Kier alpha value is -1.64. The minimum absolute atomic E-state index is 0.141. The fraction of sp³-hybridized carbons (Fsp3) is 0.636. The average molecular weight is 341 g/mol. The van der Waals surface area contributed by atoms with Crippen LogP contribution < -0.4 is 0 Å². The molecule has 1 unspecified atom stereocenters. The third kappa shape index (κ3) is 4.50. The van der Waals surface area contributed by atoms with Gasteiger partial charge in [0.1, 0.15) is 12.4 Å². The van der Waals surface area contributed by atoms with Gasteiger partial charge in [0.05, 0.1) is 6.04 Å². The van der Waals surface area contributed by atoms with Crippen LogP contribution in [0.5, 0.6) is 0 Å². The van der Waals surface area contributed by atoms with Gasteiger partial charge in [-0.2, -0.15) is 0 Å². The van der Waals surface area contributed by atoms with E-state index < -0.39 is 0 Å². The van der Waals surface area contributed by atoms with Crippen LogP contribution in [-0.4, -0.2) is 23.2 Å². The predicted octanol–water partition coefficient (Wildman–Crippen LogP) is 5.16. The third-order valence-electron chi connectivity index (χ3n) is 5.28. The highest BCUT2D eigenvalue weighted by molar-refractivity contribution is 6.41. The summed E-state index contributed by atoms with van der Waals surface area (Å²) in [4.78, 5) is 19.5. The van der Waals surface area contributed by atoms with Crippen molar-refractivity contribution in [2.75, 3.05) is 6.67 Å². The van der Waals surface area contributed by atoms with Gasteiger partial charge in [0, 0.05) is 5.92 Å². The van der Waals surface area contributed by atoms with Gasteiger partial charge in [0.15, 0.2) is 0 Å². The van der Waals surface area contributed by atoms with Gasteiger partial charge in [-0.15, -0.1) is 0 Å². The van der Waals surface area contributed by atoms with E-state index in [1.165, 1.54) is 11.1 Å². The van der Waals surface area contributed by atoms with Crippen LogP contribution in [0.25, 0.3) is 0 Å². The summed E-state index contributed by atoms with van der Waals surface area (Å²) in [6.45, 7) is 9.56. The van der Waals surface area contributed by atoms with Crippen LogP contribution in [0.3, 0.4) is 0 Å². The molecule has 25 heavy (non-hydrogen) atoms. The highest BCUT2D eigenvalue weighted by Crippen LogP contribution is 2.37. The summed E-state index contributed by atoms with van der Waals surface area (Å²) in [5, 5.41) is 0. The Morgan fingerprint density at radius 1 is 1.20 bits per heavy atom. The maximum atomic E-state index is 12.9. The number of aliphatic imine (C=N–C) groups is 1. The van der Waals surface area contributed by atoms with Gasteiger partial charge in [-0.05, 0) is 48.6 Å². The van der Waals surface area contributed by atoms with E-state index in [4.69, 9.17) is 0 Å². The van der Waals surface area contributed by atoms with Gasteiger partial charge >= 0.3 is 0 Å². The standard InChI is InChI=1S/C22H32N2O/c1-5-6-16-7-9-17(10-8-16)19(13-14-22(2,3)4)24-15-23-20(21(24)25)18-11-12-18/h7-10,18-19H,5-6,11-15H2,1-4H3. The van der Waals surface area contributed by atoms with Crippen LogP contribution in [0.2, 0.25) is 0 Å². The van der Waals surface area contributed by atoms with E-state index >= 15 is 0 Å². The van der Waals surface area contributed by atoms with E-state index in [-0.39, 0.29) is 17.4 Å². The van der Waals surface area contributed by atoms with Crippen molar-refractivity contribution in [2.24, 2.45) is 16.3 Å². The highest BCUT2D eigenvalue weighted by Gasteiger charge is 2.40. The Labute approximate surface area is 152 Å². The molecule has 0 bridgehead atoms. The van der Waals surface area contributed by atoms with E-state index in [1.807, 2.05) is 4.90 Å². The first-order chi connectivity index (χ1) is 11.9. The molecule has 3 nitrogen and oxygen atoms in total. The van der Waals surface area contributed by atoms with Crippen LogP contribution in [0.4, 0.5) is 0 Å². The molecule has 1 aromatic carbocycles. The molecule has 1 atom stereocenters. The number of rotatable bonds is 7. The monoisotopic (exact) mass is 340 g/mol. The van der Waals surface area contributed by atoms with Gasteiger partial charge in [0.25, 0.3) is 5.91 Å². The molecular formula is C22H32N2O. The van der Waals surface area contributed by atoms with Crippen molar-refractivity contribution >= 4 is 11.6 Å². The number of hydrogen-bond acceptors (Lipinski definition) is 2. The van der Waals surface area contributed by atoms with Crippen LogP contribution >= 0.6 is 0 Å². The molecule has 0 N–H and O–H groups in total. The van der Waals surface area contributed by atoms with Crippen LogP contribution in [0.15, 0.2) is 29.3 Å². The van der Waals surface area contributed by atoms with Crippen molar-refractivity contribution < 1.29 is 4.79 Å². The minimum atomic E-state index is 0.141. The molecule has 136 valence electrons. The lowest BCUT2D eigenvalue weighted by atomic mass is 9.86. The quantitative estimate of drug-likeness (QED) is 0.675. The largest absolute Gasteiger partial charge is 0.311 e. The molecule has 2 aliphatic rings. The first-order valence-corrected chi connectivity index (χ1v) is 9.83. The van der Waals surface area contributed by atoms with Gasteiger partial charge in [0.2, 0.25) is 0 Å². The third-order valence-corrected chi connectivity index (χ3v) is 5.28. The molecule has 0 aromatic heterocycles. The number of hydrogen-bond donors (Lipinski definition) is 0. The number of benzene rings is 1. The van der Waals surface area contributed by atoms with E-state index in [0.717, 1.165) is 44.2 Å². The summed E-state index contributed by atoms with van der Waals surface area (Å²) >= 11 is 0. The van der Waals surface area contributed by atoms with Gasteiger partial charge < -0.3 is 4.90 Å². The molecule has 1 saturated carbocycles. The van der Waals surface area contributed by atoms with Gasteiger partial charge in [-0.25, -0.2) is 0 Å². The fourth-order valence-corrected chi connectivity index (χ4v) is 3.60. The molecule has 1 amide bonds. The Bertz CT molecular complexity index is 635. The Morgan fingerprint density at radius 2 is 1.88 bits per heavy atom. The summed E-state index contributed by atoms with van der Waals surface area (Å²) in [7, 11) is 0. The summed E-state index contributed by atoms with van der Waals surface area (Å²) in [6, 6.07) is 9.04. The molecule has 0 saturated heterocycles. The van der Waals surface area contributed by atoms with Crippen LogP contribution in [0, 0.1) is 11.3 Å². The zero-order valence-electron chi connectivity index (χ0n) is 16.2. The number of amides is 1. The topological polar surface area (TPSA) is 32.7 Å². The van der Waals surface area contributed by atoms with Crippen molar-refractivity contribution in [2.45, 2.75) is 72.3 Å². The summed E-state index contributed by atoms with van der Waals surface area (Å²) < 4.78 is 0. The van der Waals surface area contributed by atoms with E-state index in [2.05, 4.69) is 57.0 Å². The molecule has 0 spiro atoms. The Balaban J connectivity index is 1.78. The number of aryl methyl sites for hydroxylation is 1. The lowest BCUT2D eigenvalue weighted by Crippen LogP contribution is -2.35. The zero-order valence-corrected chi connectivity index (χ0v) is 16.2. The molecule has 3 heteroatoms. The molecule has 3 rings (SSSR count). The predicted molar refractivity (Wildman–Crippen MR) is 104 cm³/mol. The van der Waals surface area contributed by atoms with Gasteiger partial charge in [-0.3, -0.25) is 9.79 Å². The van der Waals surface area contributed by atoms with E-state index in [1.54, 1.807) is 0 Å². The summed E-state index contributed by atoms with van der Waals surface area (Å²) in [5.41, 5.74) is 3.74. The number of carbonyl (C=O) groups is 1. The maximum Gasteiger partial charge on any atom is 0.270 e. The Kier molecular flexibility index (Phi) is 5.31. The normalized spacial score (nSPS) is 19.3. The summed E-state index contributed by atoms with van der Waals surface area (Å²) in [5.74, 6) is 0.617. The first-order valence-electron chi connectivity index (χ1n) is 9.83. The lowest BCUT2D eigenvalue weighted by Gasteiger charge is -2.30. The maximum absolute atomic E-state index is 12.9. The van der Waals surface area contributed by atoms with Gasteiger partial charge in [-0.1, -0.05) is 58.4 Å². The minimum Gasteiger partial charge on any atom is -0.311 e. The van der Waals surface area contributed by atoms with Crippen molar-refractivity contribution in [1.29, 1.82) is 0 Å². The van der Waals surface area contributed by atoms with Crippen molar-refractivity contribution in [3.63, 3.8) is 0 Å². The van der Waals surface area contributed by atoms with Crippen molar-refractivity contribution in [1.82, 2.24) is 4.90 Å². The average Bonchev–Trinajstić information content (AvgIpc) is 3.33. The molecule has 1 fully saturated rings. The fourth-order valence-electron chi connectivity index (χ4n) is 3.60. The molecule has 1 aromatic rings. The summed E-state index contributed by atoms with van der Waals surface area (Å²) in [6.07, 6.45) is 6.64. The second-order valence-corrected chi connectivity index (χ2v) is 8.84. The smallest absolute Gasteiger partial charge is 0.270 e. The molecule has 1 aliphatic carbocycles. The van der Waals surface area contributed by atoms with Crippen molar-refractivity contribution in [3.8, 4) is 0 Å². The van der Waals surface area contributed by atoms with Crippen molar-refractivity contribution in [3.05, 3.63) is 35.4 Å². The van der Waals surface area contributed by atoms with Crippen LogP contribution in [-0.2, 0) is 11.2 Å².